The maximum atomic E-state index is 13.3. The molecule has 4 rings (SSSR count). The summed E-state index contributed by atoms with van der Waals surface area (Å²) in [5.74, 6) is 1.82. The predicted octanol–water partition coefficient (Wildman–Crippen LogP) is 5.86. The summed E-state index contributed by atoms with van der Waals surface area (Å²) in [6.45, 7) is 0. The van der Waals surface area contributed by atoms with Crippen molar-refractivity contribution in [2.75, 3.05) is 18.9 Å². The Morgan fingerprint density at radius 2 is 1.51 bits per heavy atom. The number of nitrogens with one attached hydrogen (secondary N) is 1. The molecule has 0 aliphatic heterocycles. The van der Waals surface area contributed by atoms with Gasteiger partial charge in [0.2, 0.25) is 0 Å². The van der Waals surface area contributed by atoms with Gasteiger partial charge in [0.1, 0.15) is 11.5 Å². The van der Waals surface area contributed by atoms with Gasteiger partial charge < -0.3 is 14.2 Å². The molecule has 1 aromatic heterocycles. The molecule has 7 nitrogen and oxygen atoms in total. The van der Waals surface area contributed by atoms with Crippen molar-refractivity contribution in [2.45, 2.75) is 11.1 Å². The number of sulfonamides is 1. The second-order valence-corrected chi connectivity index (χ2v) is 8.91. The topological polar surface area (TPSA) is 86.8 Å². The Hall–Kier alpha value is -3.99. The summed E-state index contributed by atoms with van der Waals surface area (Å²) in [6.07, 6.45) is -3.26. The number of hydrogen-bond donors (Lipinski definition) is 1. The third kappa shape index (κ3) is 5.09. The first-order valence-electron chi connectivity index (χ1n) is 10.1. The molecule has 0 fully saturated rings. The quantitative estimate of drug-likeness (QED) is 0.339. The summed E-state index contributed by atoms with van der Waals surface area (Å²) in [7, 11) is -1.46. The Balaban J connectivity index is 1.59. The Bertz CT molecular complexity index is 1470. The zero-order chi connectivity index (χ0) is 25.2. The van der Waals surface area contributed by atoms with E-state index in [1.165, 1.54) is 44.6 Å². The number of rotatable bonds is 7. The van der Waals surface area contributed by atoms with E-state index in [1.54, 1.807) is 24.4 Å². The molecular weight excluding hydrogens is 485 g/mol. The van der Waals surface area contributed by atoms with E-state index in [0.29, 0.717) is 33.9 Å². The van der Waals surface area contributed by atoms with Crippen LogP contribution in [-0.4, -0.2) is 27.6 Å². The van der Waals surface area contributed by atoms with Crippen LogP contribution in [0.15, 0.2) is 77.8 Å². The summed E-state index contributed by atoms with van der Waals surface area (Å²) in [6, 6.07) is 14.8. The minimum atomic E-state index is -4.82. The minimum Gasteiger partial charge on any atom is -0.493 e. The second kappa shape index (κ2) is 9.34. The lowest BCUT2D eigenvalue weighted by Gasteiger charge is -2.15. The molecule has 0 saturated heterocycles. The van der Waals surface area contributed by atoms with Crippen molar-refractivity contribution in [3.05, 3.63) is 78.5 Å². The number of ether oxygens (including phenoxy) is 3. The second-order valence-electron chi connectivity index (χ2n) is 7.26. The van der Waals surface area contributed by atoms with Crippen molar-refractivity contribution in [3.63, 3.8) is 0 Å². The van der Waals surface area contributed by atoms with Crippen molar-refractivity contribution in [3.8, 4) is 23.0 Å². The van der Waals surface area contributed by atoms with Gasteiger partial charge >= 0.3 is 6.18 Å². The summed E-state index contributed by atoms with van der Waals surface area (Å²) in [5.41, 5.74) is -0.572. The van der Waals surface area contributed by atoms with E-state index in [4.69, 9.17) is 14.2 Å². The molecule has 4 aromatic rings. The number of alkyl halides is 3. The van der Waals surface area contributed by atoms with Crippen LogP contribution in [0.25, 0.3) is 10.9 Å². The Morgan fingerprint density at radius 1 is 0.857 bits per heavy atom. The fraction of sp³-hybridized carbons (Fsp3) is 0.125. The smallest absolute Gasteiger partial charge is 0.417 e. The number of aromatic nitrogens is 1. The molecule has 0 atom stereocenters. The lowest BCUT2D eigenvalue weighted by Crippen LogP contribution is -2.18. The highest BCUT2D eigenvalue weighted by atomic mass is 32.2. The predicted molar refractivity (Wildman–Crippen MR) is 124 cm³/mol. The molecule has 3 aromatic carbocycles. The standard InChI is InChI=1S/C24H19F3N2O5S/c1-32-21-13-17-19(14-22(21)33-2)28-12-11-20(17)34-16-9-7-15(8-10-16)29-35(30,31)23-6-4-3-5-18(23)24(25,26)27/h3-14,29H,1-2H3. The third-order valence-corrected chi connectivity index (χ3v) is 6.46. The highest BCUT2D eigenvalue weighted by molar-refractivity contribution is 7.92. The molecule has 35 heavy (non-hydrogen) atoms. The van der Waals surface area contributed by atoms with Crippen molar-refractivity contribution in [1.29, 1.82) is 0 Å². The van der Waals surface area contributed by atoms with Crippen LogP contribution in [0.4, 0.5) is 18.9 Å². The van der Waals surface area contributed by atoms with Crippen LogP contribution in [0, 0.1) is 0 Å². The van der Waals surface area contributed by atoms with Gasteiger partial charge in [-0.25, -0.2) is 8.42 Å². The normalized spacial score (nSPS) is 11.8. The van der Waals surface area contributed by atoms with Crippen molar-refractivity contribution < 1.29 is 35.8 Å². The number of hydrogen-bond acceptors (Lipinski definition) is 6. The molecular formula is C24H19F3N2O5S. The lowest BCUT2D eigenvalue weighted by molar-refractivity contribution is -0.139. The fourth-order valence-corrected chi connectivity index (χ4v) is 4.69. The molecule has 0 bridgehead atoms. The summed E-state index contributed by atoms with van der Waals surface area (Å²) < 4.78 is 83.7. The summed E-state index contributed by atoms with van der Waals surface area (Å²) in [5, 5.41) is 0.652. The van der Waals surface area contributed by atoms with Gasteiger partial charge in [0.25, 0.3) is 10.0 Å². The molecule has 0 spiro atoms. The lowest BCUT2D eigenvalue weighted by atomic mass is 10.2. The van der Waals surface area contributed by atoms with Gasteiger partial charge in [-0.1, -0.05) is 12.1 Å². The molecule has 182 valence electrons. The molecule has 0 unspecified atom stereocenters. The van der Waals surface area contributed by atoms with Crippen LogP contribution in [0.2, 0.25) is 0 Å². The highest BCUT2D eigenvalue weighted by Crippen LogP contribution is 2.37. The zero-order valence-corrected chi connectivity index (χ0v) is 19.3. The van der Waals surface area contributed by atoms with E-state index >= 15 is 0 Å². The van der Waals surface area contributed by atoms with Crippen molar-refractivity contribution in [2.24, 2.45) is 0 Å². The number of methoxy groups -OCH3 is 2. The van der Waals surface area contributed by atoms with E-state index in [2.05, 4.69) is 9.71 Å². The van der Waals surface area contributed by atoms with E-state index in [1.807, 2.05) is 0 Å². The van der Waals surface area contributed by atoms with E-state index < -0.39 is 26.7 Å². The van der Waals surface area contributed by atoms with Crippen LogP contribution in [-0.2, 0) is 16.2 Å². The molecule has 11 heteroatoms. The number of nitrogens with zero attached hydrogens (tertiary/aromatic N) is 1. The first-order valence-corrected chi connectivity index (χ1v) is 11.6. The van der Waals surface area contributed by atoms with Crippen molar-refractivity contribution >= 4 is 26.6 Å². The third-order valence-electron chi connectivity index (χ3n) is 5.02. The maximum absolute atomic E-state index is 13.3. The van der Waals surface area contributed by atoms with E-state index in [-0.39, 0.29) is 5.69 Å². The maximum Gasteiger partial charge on any atom is 0.417 e. The fourth-order valence-electron chi connectivity index (χ4n) is 3.40. The Kier molecular flexibility index (Phi) is 6.44. The minimum absolute atomic E-state index is 0.0697. The first-order chi connectivity index (χ1) is 16.6. The average Bonchev–Trinajstić information content (AvgIpc) is 2.84. The highest BCUT2D eigenvalue weighted by Gasteiger charge is 2.36. The number of benzene rings is 3. The van der Waals surface area contributed by atoms with Gasteiger partial charge in [-0.05, 0) is 48.5 Å². The number of anilines is 1. The molecule has 0 aliphatic carbocycles. The SMILES string of the molecule is COc1cc2nccc(Oc3ccc(NS(=O)(=O)c4ccccc4C(F)(F)F)cc3)c2cc1OC. The van der Waals surface area contributed by atoms with Gasteiger partial charge in [0.05, 0.1) is 30.2 Å². The summed E-state index contributed by atoms with van der Waals surface area (Å²) >= 11 is 0. The monoisotopic (exact) mass is 504 g/mol. The number of pyridine rings is 1. The van der Waals surface area contributed by atoms with Gasteiger partial charge in [0.15, 0.2) is 11.5 Å². The zero-order valence-electron chi connectivity index (χ0n) is 18.5. The largest absolute Gasteiger partial charge is 0.493 e. The van der Waals surface area contributed by atoms with Crippen LogP contribution in [0.1, 0.15) is 5.56 Å². The van der Waals surface area contributed by atoms with Crippen LogP contribution in [0.3, 0.4) is 0 Å². The molecule has 1 heterocycles. The molecule has 0 radical (unpaired) electrons. The number of fused-ring (bicyclic) bond motifs is 1. The van der Waals surface area contributed by atoms with Gasteiger partial charge in [-0.2, -0.15) is 13.2 Å². The van der Waals surface area contributed by atoms with Crippen LogP contribution >= 0.6 is 0 Å². The van der Waals surface area contributed by atoms with Gasteiger partial charge in [-0.3, -0.25) is 9.71 Å². The van der Waals surface area contributed by atoms with Gasteiger partial charge in [0, 0.05) is 23.3 Å². The molecule has 0 aliphatic rings. The van der Waals surface area contributed by atoms with E-state index in [9.17, 15) is 21.6 Å². The first kappa shape index (κ1) is 24.1. The molecule has 0 saturated carbocycles. The van der Waals surface area contributed by atoms with Gasteiger partial charge in [-0.15, -0.1) is 0 Å². The summed E-state index contributed by atoms with van der Waals surface area (Å²) in [4.78, 5) is 3.44. The van der Waals surface area contributed by atoms with Crippen LogP contribution in [0.5, 0.6) is 23.0 Å². The molecule has 1 N–H and O–H groups in total. The Labute approximate surface area is 199 Å². The van der Waals surface area contributed by atoms with Crippen molar-refractivity contribution in [1.82, 2.24) is 4.98 Å². The average molecular weight is 504 g/mol. The van der Waals surface area contributed by atoms with Crippen LogP contribution < -0.4 is 18.9 Å². The Morgan fingerprint density at radius 3 is 2.17 bits per heavy atom. The molecule has 0 amide bonds. The van der Waals surface area contributed by atoms with E-state index in [0.717, 1.165) is 18.2 Å². The number of halogens is 3.